The summed E-state index contributed by atoms with van der Waals surface area (Å²) in [7, 11) is 2.94. The molecule has 0 aromatic heterocycles. The van der Waals surface area contributed by atoms with Crippen molar-refractivity contribution >= 4 is 70.3 Å². The minimum absolute atomic E-state index is 0.0104. The van der Waals surface area contributed by atoms with Crippen molar-refractivity contribution in [2.24, 2.45) is 17.1 Å². The van der Waals surface area contributed by atoms with Crippen LogP contribution in [0.3, 0.4) is 0 Å². The van der Waals surface area contributed by atoms with Crippen LogP contribution in [-0.4, -0.2) is 250 Å². The Morgan fingerprint density at radius 1 is 0.708 bits per heavy atom. The Bertz CT molecular complexity index is 3770. The number of anilines is 4. The number of hydrogen-bond acceptors (Lipinski definition) is 25. The number of carboxylic acid groups (broad SMARTS) is 1. The number of methoxy groups -OCH3 is 2. The van der Waals surface area contributed by atoms with Crippen LogP contribution in [0.5, 0.6) is 23.0 Å². The zero-order valence-electron chi connectivity index (χ0n) is 60.1. The molecule has 106 heavy (non-hydrogen) atoms. The molecule has 7 amide bonds. The minimum Gasteiger partial charge on any atom is -0.493 e. The van der Waals surface area contributed by atoms with E-state index in [0.29, 0.717) is 108 Å². The second-order valence-electron chi connectivity index (χ2n) is 27.3. The van der Waals surface area contributed by atoms with Crippen molar-refractivity contribution in [2.75, 3.05) is 127 Å². The highest BCUT2D eigenvalue weighted by Gasteiger charge is 2.58. The van der Waals surface area contributed by atoms with Gasteiger partial charge in [0.1, 0.15) is 37.0 Å². The van der Waals surface area contributed by atoms with Gasteiger partial charge in [0.2, 0.25) is 23.6 Å². The van der Waals surface area contributed by atoms with Gasteiger partial charge in [0.05, 0.1) is 128 Å². The van der Waals surface area contributed by atoms with Gasteiger partial charge < -0.3 is 120 Å². The molecule has 5 aliphatic heterocycles. The average Bonchev–Trinajstić information content (AvgIpc) is 1.56. The SMILES string of the molecule is COc1cc2c(cc1OCCCCCOc1cc3c(cc1OC)C(=O)N1CC4(CC4)C[C@H]1[C@H](O)N3C(=O)OCc1ccc(NC(=O)[C@H](CO[C@@H]3O[C@H](C(=O)O)[C@@H](O)[C@H](O)[C@H]3O)NC(=O)[C@@H](NC(C)=O)C(C)C)cc1NC(=O)CCOCCOCCOCCOCCN)NC[C@@H]1Cc3ccccc3CN1C2=O. The first-order valence-electron chi connectivity index (χ1n) is 35.6. The van der Waals surface area contributed by atoms with Gasteiger partial charge in [0.25, 0.3) is 11.8 Å². The summed E-state index contributed by atoms with van der Waals surface area (Å²) in [6.45, 7) is 7.28. The molecule has 1 aliphatic carbocycles. The minimum atomic E-state index is -2.07. The molecular weight excluding hydrogens is 1390 g/mol. The summed E-state index contributed by atoms with van der Waals surface area (Å²) < 4.78 is 63.1. The third-order valence-electron chi connectivity index (χ3n) is 19.4. The fraction of sp³-hybridized carbons (Fsp3) is 0.562. The van der Waals surface area contributed by atoms with Gasteiger partial charge in [0.15, 0.2) is 41.6 Å². The van der Waals surface area contributed by atoms with Crippen LogP contribution < -0.4 is 56.2 Å². The van der Waals surface area contributed by atoms with E-state index >= 15 is 0 Å². The van der Waals surface area contributed by atoms with Gasteiger partial charge in [-0.05, 0) is 91.7 Å². The summed E-state index contributed by atoms with van der Waals surface area (Å²) in [5, 5.41) is 67.6. The van der Waals surface area contributed by atoms with Crippen molar-refractivity contribution in [3.8, 4) is 23.0 Å². The summed E-state index contributed by atoms with van der Waals surface area (Å²) in [5.74, 6) is -4.56. The van der Waals surface area contributed by atoms with Crippen molar-refractivity contribution in [3.63, 3.8) is 0 Å². The fourth-order valence-electron chi connectivity index (χ4n) is 13.4. The number of benzene rings is 4. The number of hydrogen-bond donors (Lipinski definition) is 11. The van der Waals surface area contributed by atoms with Gasteiger partial charge in [-0.15, -0.1) is 0 Å². The van der Waals surface area contributed by atoms with Gasteiger partial charge in [-0.2, -0.15) is 0 Å². The molecule has 1 spiro atoms. The van der Waals surface area contributed by atoms with E-state index in [4.69, 9.17) is 57.8 Å². The number of aliphatic hydroxyl groups excluding tert-OH is 4. The Morgan fingerprint density at radius 3 is 1.99 bits per heavy atom. The number of amides is 7. The van der Waals surface area contributed by atoms with Crippen LogP contribution in [-0.2, 0) is 76.7 Å². The molecule has 4 aromatic rings. The smallest absolute Gasteiger partial charge is 0.416 e. The van der Waals surface area contributed by atoms with Gasteiger partial charge in [-0.25, -0.2) is 14.5 Å². The summed E-state index contributed by atoms with van der Waals surface area (Å²) in [5.41, 5.74) is 8.82. The van der Waals surface area contributed by atoms with Crippen LogP contribution >= 0.6 is 0 Å². The van der Waals surface area contributed by atoms with Crippen molar-refractivity contribution < 1.29 is 116 Å². The van der Waals surface area contributed by atoms with Crippen molar-refractivity contribution in [3.05, 3.63) is 94.5 Å². The van der Waals surface area contributed by atoms with Crippen LogP contribution in [0.4, 0.5) is 27.5 Å². The van der Waals surface area contributed by atoms with Gasteiger partial charge in [-0.1, -0.05) is 44.2 Å². The Balaban J connectivity index is 0.832. The van der Waals surface area contributed by atoms with Crippen molar-refractivity contribution in [1.82, 2.24) is 20.4 Å². The summed E-state index contributed by atoms with van der Waals surface area (Å²) in [4.78, 5) is 114. The lowest BCUT2D eigenvalue weighted by atomic mass is 9.94. The molecule has 5 heterocycles. The van der Waals surface area contributed by atoms with Crippen LogP contribution in [0.15, 0.2) is 66.7 Å². The molecule has 33 heteroatoms. The lowest BCUT2D eigenvalue weighted by Crippen LogP contribution is -2.61. The third-order valence-corrected chi connectivity index (χ3v) is 19.4. The first-order valence-corrected chi connectivity index (χ1v) is 35.6. The molecule has 6 aliphatic rings. The first-order chi connectivity index (χ1) is 51.0. The molecule has 33 nitrogen and oxygen atoms in total. The number of nitrogens with zero attached hydrogens (tertiary/aromatic N) is 3. The van der Waals surface area contributed by atoms with Crippen LogP contribution in [0.25, 0.3) is 0 Å². The molecule has 1 saturated carbocycles. The number of aliphatic hydroxyl groups is 4. The van der Waals surface area contributed by atoms with Crippen LogP contribution in [0.1, 0.15) is 103 Å². The molecule has 0 unspecified atom stereocenters. The van der Waals surface area contributed by atoms with Crippen LogP contribution in [0, 0.1) is 11.3 Å². The maximum atomic E-state index is 15.0. The number of carbonyl (C=O) groups is 8. The summed E-state index contributed by atoms with van der Waals surface area (Å²) in [6, 6.07) is 14.9. The number of carbonyl (C=O) groups excluding carboxylic acids is 7. The molecule has 578 valence electrons. The van der Waals surface area contributed by atoms with E-state index in [9.17, 15) is 63.9 Å². The van der Waals surface area contributed by atoms with E-state index in [2.05, 4.69) is 38.7 Å². The largest absolute Gasteiger partial charge is 0.493 e. The number of ether oxygens (including phenoxy) is 11. The molecular formula is C73H97N9O24. The van der Waals surface area contributed by atoms with Gasteiger partial charge in [0, 0.05) is 62.2 Å². The Kier molecular flexibility index (Phi) is 27.8. The summed E-state index contributed by atoms with van der Waals surface area (Å²) in [6.07, 6.45) is -8.61. The maximum absolute atomic E-state index is 15.0. The average molecular weight is 1480 g/mol. The fourth-order valence-corrected chi connectivity index (χ4v) is 13.4. The number of aliphatic carboxylic acids is 1. The lowest BCUT2D eigenvalue weighted by molar-refractivity contribution is -0.294. The third kappa shape index (κ3) is 19.8. The second kappa shape index (κ2) is 37.0. The molecule has 2 saturated heterocycles. The van der Waals surface area contributed by atoms with E-state index in [0.717, 1.165) is 29.7 Å². The van der Waals surface area contributed by atoms with E-state index in [1.165, 1.54) is 57.0 Å². The highest BCUT2D eigenvalue weighted by atomic mass is 16.7. The number of fused-ring (bicyclic) bond motifs is 5. The predicted molar refractivity (Wildman–Crippen MR) is 378 cm³/mol. The molecule has 12 N–H and O–H groups in total. The van der Waals surface area contributed by atoms with E-state index in [1.54, 1.807) is 30.9 Å². The lowest BCUT2D eigenvalue weighted by Gasteiger charge is -2.38. The Hall–Kier alpha value is -9.00. The Morgan fingerprint density at radius 2 is 1.35 bits per heavy atom. The van der Waals surface area contributed by atoms with E-state index in [-0.39, 0.29) is 96.5 Å². The highest BCUT2D eigenvalue weighted by Crippen LogP contribution is 2.57. The van der Waals surface area contributed by atoms with Gasteiger partial charge >= 0.3 is 12.1 Å². The normalized spacial score (nSPS) is 21.7. The zero-order chi connectivity index (χ0) is 75.8. The molecule has 0 bridgehead atoms. The molecule has 10 atom stereocenters. The molecule has 0 radical (unpaired) electrons. The monoisotopic (exact) mass is 1480 g/mol. The number of unbranched alkanes of at least 4 members (excludes halogenated alkanes) is 2. The standard InChI is InChI=1S/C73H97N9O24/c1-41(2)60(76-42(3)83)66(89)79-52(39-104-71-63(87)61(85)62(86)64(106-71)70(93)94)65(88)77-46-14-13-45(50(30-46)78-59(84)15-21-98-23-25-100-27-28-101-26-24-99-22-18-74)38-105-72(95)82-53-34-58(56(97-5)32-49(53)68(91)81-40-73(16-17-73)35-54(81)69(82)92)103-20-10-6-9-19-102-57-33-51-48(31-55(57)96-4)67(90)80-37-44-12-8-7-11-43(44)29-47(80)36-75-51/h7-8,11-14,30-34,41,47,52,54,60-64,69,71,75,85-87,92H,6,9-10,15-29,35-40,74H2,1-5H3,(H,76,83)(H,77,88)(H,78,84)(H,79,89)(H,93,94)/t47-,52-,54-,60-,61-,62-,63+,64-,69-,71+/m0/s1. The van der Waals surface area contributed by atoms with Crippen molar-refractivity contribution in [1.29, 1.82) is 0 Å². The van der Waals surface area contributed by atoms with Crippen LogP contribution in [0.2, 0.25) is 0 Å². The number of rotatable bonds is 37. The second-order valence-corrected chi connectivity index (χ2v) is 27.3. The molecule has 4 aromatic carbocycles. The van der Waals surface area contributed by atoms with E-state index in [1.807, 2.05) is 17.0 Å². The van der Waals surface area contributed by atoms with E-state index < -0.39 is 116 Å². The van der Waals surface area contributed by atoms with Gasteiger partial charge in [-0.3, -0.25) is 28.8 Å². The zero-order valence-corrected chi connectivity index (χ0v) is 60.1. The quantitative estimate of drug-likeness (QED) is 0.0289. The van der Waals surface area contributed by atoms with Crippen molar-refractivity contribution in [2.45, 2.75) is 146 Å². The number of carboxylic acids is 1. The summed E-state index contributed by atoms with van der Waals surface area (Å²) >= 11 is 0. The number of nitrogens with one attached hydrogen (secondary N) is 5. The molecule has 10 rings (SSSR count). The highest BCUT2D eigenvalue weighted by molar-refractivity contribution is 6.06. The molecule has 3 fully saturated rings. The maximum Gasteiger partial charge on any atom is 0.416 e. The Labute approximate surface area is 612 Å². The number of nitrogens with two attached hydrogens (primary N) is 1. The topological polar surface area (TPSA) is 435 Å². The predicted octanol–water partition coefficient (Wildman–Crippen LogP) is 2.64. The first kappa shape index (κ1) is 79.6.